The molecular weight excluding hydrogens is 366 g/mol. The van der Waals surface area contributed by atoms with Gasteiger partial charge in [-0.25, -0.2) is 27.2 Å². The van der Waals surface area contributed by atoms with Gasteiger partial charge in [0.15, 0.2) is 0 Å². The van der Waals surface area contributed by atoms with E-state index in [-0.39, 0.29) is 13.1 Å². The summed E-state index contributed by atoms with van der Waals surface area (Å²) < 4.78 is 28.7. The first-order chi connectivity index (χ1) is 11.9. The highest BCUT2D eigenvalue weighted by Gasteiger charge is 2.37. The lowest BCUT2D eigenvalue weighted by Crippen LogP contribution is -2.44. The zero-order chi connectivity index (χ0) is 18.0. The lowest BCUT2D eigenvalue weighted by molar-refractivity contribution is 0.194. The number of carbonyl (C=O) groups excluding carboxylic acids is 2. The van der Waals surface area contributed by atoms with Crippen LogP contribution in [0.2, 0.25) is 0 Å². The van der Waals surface area contributed by atoms with E-state index in [4.69, 9.17) is 4.42 Å². The van der Waals surface area contributed by atoms with Crippen LogP contribution in [0.15, 0.2) is 35.1 Å². The number of urea groups is 2. The number of imide groups is 1. The van der Waals surface area contributed by atoms with E-state index in [1.54, 1.807) is 23.9 Å². The first-order valence-electron chi connectivity index (χ1n) is 7.54. The second kappa shape index (κ2) is 6.89. The van der Waals surface area contributed by atoms with E-state index < -0.39 is 22.1 Å². The average Bonchev–Trinajstić information content (AvgIpc) is 3.25. The van der Waals surface area contributed by atoms with Gasteiger partial charge in [0.05, 0.1) is 31.9 Å². The first kappa shape index (κ1) is 17.5. The van der Waals surface area contributed by atoms with E-state index in [2.05, 4.69) is 5.32 Å². The summed E-state index contributed by atoms with van der Waals surface area (Å²) in [7, 11) is -3.64. The van der Waals surface area contributed by atoms with Crippen LogP contribution in [0.4, 0.5) is 9.59 Å². The minimum absolute atomic E-state index is 0.00985. The number of rotatable bonds is 5. The van der Waals surface area contributed by atoms with Crippen molar-refractivity contribution in [2.75, 3.05) is 25.9 Å². The van der Waals surface area contributed by atoms with Crippen molar-refractivity contribution in [1.82, 2.24) is 14.5 Å². The summed E-state index contributed by atoms with van der Waals surface area (Å²) in [6.45, 7) is 0.401. The number of thiophene rings is 1. The molecule has 3 rings (SSSR count). The van der Waals surface area contributed by atoms with Crippen LogP contribution in [0.3, 0.4) is 0 Å². The molecule has 4 amide bonds. The molecule has 1 fully saturated rings. The SMILES string of the molecule is CS(=O)(=O)N1CCN(C(=O)NCCc2ccc(-c3ccoc3)s2)C1=O. The number of furan rings is 1. The fourth-order valence-electron chi connectivity index (χ4n) is 2.47. The Morgan fingerprint density at radius 1 is 1.32 bits per heavy atom. The predicted octanol–water partition coefficient (Wildman–Crippen LogP) is 1.96. The highest BCUT2D eigenvalue weighted by Crippen LogP contribution is 2.28. The van der Waals surface area contributed by atoms with E-state index in [1.807, 2.05) is 18.2 Å². The molecule has 8 nitrogen and oxygen atoms in total. The van der Waals surface area contributed by atoms with Crippen molar-refractivity contribution in [1.29, 1.82) is 0 Å². The molecule has 0 radical (unpaired) electrons. The molecule has 1 aliphatic rings. The third-order valence-electron chi connectivity index (χ3n) is 3.73. The fraction of sp³-hybridized carbons (Fsp3) is 0.333. The number of amides is 4. The third kappa shape index (κ3) is 3.85. The van der Waals surface area contributed by atoms with Crippen LogP contribution in [-0.4, -0.2) is 55.6 Å². The van der Waals surface area contributed by atoms with Crippen molar-refractivity contribution in [2.24, 2.45) is 0 Å². The second-order valence-corrected chi connectivity index (χ2v) is 8.60. The van der Waals surface area contributed by atoms with Crippen LogP contribution in [0.5, 0.6) is 0 Å². The quantitative estimate of drug-likeness (QED) is 0.851. The Morgan fingerprint density at radius 2 is 2.12 bits per heavy atom. The molecule has 0 saturated carbocycles. The van der Waals surface area contributed by atoms with Crippen molar-refractivity contribution in [3.05, 3.63) is 35.6 Å². The zero-order valence-electron chi connectivity index (χ0n) is 13.5. The maximum atomic E-state index is 12.1. The van der Waals surface area contributed by atoms with Gasteiger partial charge in [-0.3, -0.25) is 0 Å². The largest absolute Gasteiger partial charge is 0.472 e. The average molecular weight is 383 g/mol. The highest BCUT2D eigenvalue weighted by atomic mass is 32.2. The molecule has 0 unspecified atom stereocenters. The lowest BCUT2D eigenvalue weighted by Gasteiger charge is -2.16. The molecule has 25 heavy (non-hydrogen) atoms. The summed E-state index contributed by atoms with van der Waals surface area (Å²) in [6, 6.07) is 4.46. The van der Waals surface area contributed by atoms with Gasteiger partial charge in [-0.05, 0) is 24.6 Å². The minimum atomic E-state index is -3.64. The van der Waals surface area contributed by atoms with E-state index in [0.29, 0.717) is 17.3 Å². The summed E-state index contributed by atoms with van der Waals surface area (Å²) in [4.78, 5) is 27.1. The molecular formula is C15H17N3O5S2. The fourth-order valence-corrected chi connectivity index (χ4v) is 4.26. The number of nitrogens with one attached hydrogen (secondary N) is 1. The van der Waals surface area contributed by atoms with E-state index in [1.165, 1.54) is 0 Å². The van der Waals surface area contributed by atoms with E-state index >= 15 is 0 Å². The van der Waals surface area contributed by atoms with Gasteiger partial charge in [0.25, 0.3) is 0 Å². The van der Waals surface area contributed by atoms with Gasteiger partial charge in [0.2, 0.25) is 10.0 Å². The number of hydrogen-bond donors (Lipinski definition) is 1. The van der Waals surface area contributed by atoms with Gasteiger partial charge in [-0.1, -0.05) is 0 Å². The third-order valence-corrected chi connectivity index (χ3v) is 6.06. The van der Waals surface area contributed by atoms with Crippen molar-refractivity contribution in [3.63, 3.8) is 0 Å². The van der Waals surface area contributed by atoms with Crippen LogP contribution in [-0.2, 0) is 16.4 Å². The van der Waals surface area contributed by atoms with Crippen LogP contribution < -0.4 is 5.32 Å². The summed E-state index contributed by atoms with van der Waals surface area (Å²) in [6.07, 6.45) is 4.85. The normalized spacial score (nSPS) is 15.0. The van der Waals surface area contributed by atoms with E-state index in [0.717, 1.165) is 26.5 Å². The Balaban J connectivity index is 1.51. The predicted molar refractivity (Wildman–Crippen MR) is 92.8 cm³/mol. The Hall–Kier alpha value is -2.33. The summed E-state index contributed by atoms with van der Waals surface area (Å²) >= 11 is 1.60. The topological polar surface area (TPSA) is 99.9 Å². The summed E-state index contributed by atoms with van der Waals surface area (Å²) in [5.74, 6) is 0. The van der Waals surface area contributed by atoms with Gasteiger partial charge in [-0.15, -0.1) is 11.3 Å². The van der Waals surface area contributed by atoms with Crippen molar-refractivity contribution in [2.45, 2.75) is 6.42 Å². The van der Waals surface area contributed by atoms with Crippen LogP contribution in [0, 0.1) is 0 Å². The van der Waals surface area contributed by atoms with E-state index in [9.17, 15) is 18.0 Å². The Kier molecular flexibility index (Phi) is 4.82. The molecule has 1 saturated heterocycles. The monoisotopic (exact) mass is 383 g/mol. The van der Waals surface area contributed by atoms with Crippen molar-refractivity contribution in [3.8, 4) is 10.4 Å². The van der Waals surface area contributed by atoms with Gasteiger partial charge in [-0.2, -0.15) is 0 Å². The second-order valence-electron chi connectivity index (χ2n) is 5.53. The number of carbonyl (C=O) groups is 2. The standard InChI is InChI=1S/C15H17N3O5S2/c1-25(21,22)18-8-7-17(15(18)20)14(19)16-6-4-12-2-3-13(24-12)11-5-9-23-10-11/h2-3,5,9-10H,4,6-8H2,1H3,(H,16,19). The molecule has 0 spiro atoms. The Labute approximate surface area is 149 Å². The smallest absolute Gasteiger partial charge is 0.341 e. The molecule has 2 aromatic heterocycles. The number of hydrogen-bond acceptors (Lipinski definition) is 6. The molecule has 0 aliphatic carbocycles. The van der Waals surface area contributed by atoms with Crippen LogP contribution in [0.25, 0.3) is 10.4 Å². The summed E-state index contributed by atoms with van der Waals surface area (Å²) in [5, 5.41) is 2.65. The lowest BCUT2D eigenvalue weighted by atomic mass is 10.3. The van der Waals surface area contributed by atoms with Crippen molar-refractivity contribution >= 4 is 33.4 Å². The molecule has 2 aromatic rings. The van der Waals surface area contributed by atoms with Crippen LogP contribution in [0.1, 0.15) is 4.88 Å². The Bertz CT molecular complexity index is 873. The maximum Gasteiger partial charge on any atom is 0.341 e. The molecule has 0 aromatic carbocycles. The Morgan fingerprint density at radius 3 is 2.76 bits per heavy atom. The number of nitrogens with zero attached hydrogens (tertiary/aromatic N) is 2. The van der Waals surface area contributed by atoms with Gasteiger partial charge in [0.1, 0.15) is 0 Å². The van der Waals surface area contributed by atoms with Gasteiger partial charge < -0.3 is 9.73 Å². The van der Waals surface area contributed by atoms with Crippen LogP contribution >= 0.6 is 11.3 Å². The molecule has 0 bridgehead atoms. The highest BCUT2D eigenvalue weighted by molar-refractivity contribution is 7.88. The zero-order valence-corrected chi connectivity index (χ0v) is 15.1. The molecule has 134 valence electrons. The molecule has 1 N–H and O–H groups in total. The van der Waals surface area contributed by atoms with Gasteiger partial charge in [0, 0.05) is 21.9 Å². The molecule has 3 heterocycles. The van der Waals surface area contributed by atoms with Gasteiger partial charge >= 0.3 is 12.1 Å². The molecule has 10 heteroatoms. The molecule has 1 aliphatic heterocycles. The molecule has 0 atom stereocenters. The first-order valence-corrected chi connectivity index (χ1v) is 10.2. The van der Waals surface area contributed by atoms with Crippen molar-refractivity contribution < 1.29 is 22.4 Å². The maximum absolute atomic E-state index is 12.1. The minimum Gasteiger partial charge on any atom is -0.472 e. The summed E-state index contributed by atoms with van der Waals surface area (Å²) in [5.41, 5.74) is 1.00. The number of sulfonamides is 1.